The maximum absolute atomic E-state index is 6.43. The predicted octanol–water partition coefficient (Wildman–Crippen LogP) is 8.20. The highest BCUT2D eigenvalue weighted by atomic mass is 16.7. The highest BCUT2D eigenvalue weighted by molar-refractivity contribution is 6.56. The molecule has 4 aromatic rings. The fraction of sp³-hybridized carbons (Fsp3) is 0.250. The molecule has 2 heterocycles. The first-order valence-electron chi connectivity index (χ1n) is 12.8. The number of hydrogen-bond acceptors (Lipinski definition) is 3. The molecular weight excluding hydrogens is 443 g/mol. The summed E-state index contributed by atoms with van der Waals surface area (Å²) in [5, 5.41) is 4.74. The van der Waals surface area contributed by atoms with E-state index in [-0.39, 0.29) is 18.3 Å². The molecule has 0 saturated carbocycles. The summed E-state index contributed by atoms with van der Waals surface area (Å²) in [7, 11) is -0.360. The summed E-state index contributed by atoms with van der Waals surface area (Å²) in [6.45, 7) is 8.44. The Kier molecular flexibility index (Phi) is 4.61. The molecule has 3 aliphatic rings. The molecule has 1 aliphatic heterocycles. The average molecular weight is 472 g/mol. The van der Waals surface area contributed by atoms with E-state index >= 15 is 0 Å². The molecule has 1 fully saturated rings. The van der Waals surface area contributed by atoms with Crippen LogP contribution in [0.1, 0.15) is 39.7 Å². The predicted molar refractivity (Wildman–Crippen MR) is 149 cm³/mol. The zero-order valence-electron chi connectivity index (χ0n) is 21.2. The zero-order valence-corrected chi connectivity index (χ0v) is 21.2. The van der Waals surface area contributed by atoms with Crippen LogP contribution in [0.4, 0.5) is 0 Å². The molecule has 0 bridgehead atoms. The van der Waals surface area contributed by atoms with Gasteiger partial charge in [0.2, 0.25) is 0 Å². The lowest BCUT2D eigenvalue weighted by atomic mass is 9.66. The Balaban J connectivity index is 1.29. The van der Waals surface area contributed by atoms with Gasteiger partial charge in [-0.3, -0.25) is 0 Å². The van der Waals surface area contributed by atoms with Gasteiger partial charge in [0.1, 0.15) is 11.2 Å². The lowest BCUT2D eigenvalue weighted by Gasteiger charge is -2.32. The van der Waals surface area contributed by atoms with Crippen molar-refractivity contribution >= 4 is 45.4 Å². The molecular formula is C32H29BO3. The summed E-state index contributed by atoms with van der Waals surface area (Å²) >= 11 is 0. The van der Waals surface area contributed by atoms with Crippen molar-refractivity contribution in [1.82, 2.24) is 0 Å². The number of rotatable bonds is 2. The minimum Gasteiger partial charge on any atom is -0.456 e. The van der Waals surface area contributed by atoms with Crippen molar-refractivity contribution in [3.8, 4) is 0 Å². The van der Waals surface area contributed by atoms with Gasteiger partial charge in [0.15, 0.2) is 0 Å². The van der Waals surface area contributed by atoms with E-state index in [9.17, 15) is 0 Å². The lowest BCUT2D eigenvalue weighted by molar-refractivity contribution is 0.00578. The summed E-state index contributed by atoms with van der Waals surface area (Å²) in [6, 6.07) is 19.4. The van der Waals surface area contributed by atoms with Crippen molar-refractivity contribution in [2.75, 3.05) is 0 Å². The summed E-state index contributed by atoms with van der Waals surface area (Å²) in [4.78, 5) is 0. The third-order valence-corrected chi connectivity index (χ3v) is 8.43. The fourth-order valence-corrected chi connectivity index (χ4v) is 5.61. The van der Waals surface area contributed by atoms with Crippen LogP contribution in [0.25, 0.3) is 38.3 Å². The quantitative estimate of drug-likeness (QED) is 0.276. The SMILES string of the molecule is CC1(C)OB(C2=CC=CC3CC=C(c4ccc5oc6cc7ccccc7cc6c5c4)C=C23)OC1(C)C. The molecule has 1 saturated heterocycles. The molecule has 0 radical (unpaired) electrons. The van der Waals surface area contributed by atoms with Crippen LogP contribution in [-0.2, 0) is 9.31 Å². The molecule has 4 heteroatoms. The number of hydrogen-bond donors (Lipinski definition) is 0. The van der Waals surface area contributed by atoms with Crippen LogP contribution in [0.5, 0.6) is 0 Å². The van der Waals surface area contributed by atoms with Gasteiger partial charge in [-0.1, -0.05) is 60.7 Å². The Labute approximate surface area is 211 Å². The van der Waals surface area contributed by atoms with Gasteiger partial charge in [-0.15, -0.1) is 0 Å². The number of fused-ring (bicyclic) bond motifs is 5. The molecule has 1 atom stereocenters. The Morgan fingerprint density at radius 3 is 2.33 bits per heavy atom. The third kappa shape index (κ3) is 3.28. The van der Waals surface area contributed by atoms with Crippen molar-refractivity contribution in [1.29, 1.82) is 0 Å². The van der Waals surface area contributed by atoms with E-state index < -0.39 is 0 Å². The van der Waals surface area contributed by atoms with Crippen LogP contribution >= 0.6 is 0 Å². The highest BCUT2D eigenvalue weighted by Gasteiger charge is 2.53. The van der Waals surface area contributed by atoms with Crippen molar-refractivity contribution in [3.63, 3.8) is 0 Å². The van der Waals surface area contributed by atoms with E-state index in [0.29, 0.717) is 5.92 Å². The Hall–Kier alpha value is -3.34. The first-order chi connectivity index (χ1) is 17.3. The first-order valence-corrected chi connectivity index (χ1v) is 12.8. The Morgan fingerprint density at radius 1 is 0.833 bits per heavy atom. The fourth-order valence-electron chi connectivity index (χ4n) is 5.61. The number of allylic oxidation sites excluding steroid dienone is 8. The number of furan rings is 1. The van der Waals surface area contributed by atoms with E-state index in [4.69, 9.17) is 13.7 Å². The molecule has 178 valence electrons. The number of benzene rings is 3. The normalized spacial score (nSPS) is 22.6. The van der Waals surface area contributed by atoms with Gasteiger partial charge in [0.25, 0.3) is 0 Å². The second kappa shape index (κ2) is 7.58. The minimum absolute atomic E-state index is 0.345. The minimum atomic E-state index is -0.361. The third-order valence-electron chi connectivity index (χ3n) is 8.43. The van der Waals surface area contributed by atoms with Gasteiger partial charge in [-0.25, -0.2) is 0 Å². The monoisotopic (exact) mass is 472 g/mol. The maximum Gasteiger partial charge on any atom is 0.495 e. The van der Waals surface area contributed by atoms with Crippen LogP contribution in [0.2, 0.25) is 0 Å². The maximum atomic E-state index is 6.43. The molecule has 36 heavy (non-hydrogen) atoms. The zero-order chi connectivity index (χ0) is 24.7. The molecule has 0 spiro atoms. The largest absolute Gasteiger partial charge is 0.495 e. The molecule has 7 rings (SSSR count). The first kappa shape index (κ1) is 21.9. The summed E-state index contributed by atoms with van der Waals surface area (Å²) < 4.78 is 19.1. The molecule has 0 N–H and O–H groups in total. The van der Waals surface area contributed by atoms with Crippen LogP contribution in [-0.4, -0.2) is 18.3 Å². The molecule has 3 nitrogen and oxygen atoms in total. The van der Waals surface area contributed by atoms with Crippen LogP contribution in [0, 0.1) is 5.92 Å². The van der Waals surface area contributed by atoms with Gasteiger partial charge in [0.05, 0.1) is 11.2 Å². The second-order valence-electron chi connectivity index (χ2n) is 11.2. The summed E-state index contributed by atoms with van der Waals surface area (Å²) in [6.07, 6.45) is 12.2. The Morgan fingerprint density at radius 2 is 1.56 bits per heavy atom. The lowest BCUT2D eigenvalue weighted by Crippen LogP contribution is -2.41. The van der Waals surface area contributed by atoms with Crippen LogP contribution < -0.4 is 0 Å². The van der Waals surface area contributed by atoms with Gasteiger partial charge < -0.3 is 13.7 Å². The Bertz CT molecular complexity index is 1660. The summed E-state index contributed by atoms with van der Waals surface area (Å²) in [5.74, 6) is 0.345. The van der Waals surface area contributed by atoms with E-state index in [0.717, 1.165) is 33.8 Å². The standard InChI is InChI=1S/C32H29BO3/c1-31(2)32(3,4)36-33(35-31)28-11-7-10-20-12-13-23(16-25(20)28)24-14-15-29-26(18-24)27-17-21-8-5-6-9-22(21)19-30(27)34-29/h5-11,13-20H,12H2,1-4H3. The smallest absolute Gasteiger partial charge is 0.456 e. The van der Waals surface area contributed by atoms with Gasteiger partial charge in [-0.2, -0.15) is 0 Å². The van der Waals surface area contributed by atoms with Crippen LogP contribution in [0.3, 0.4) is 0 Å². The van der Waals surface area contributed by atoms with Crippen molar-refractivity contribution in [3.05, 3.63) is 102 Å². The van der Waals surface area contributed by atoms with Gasteiger partial charge >= 0.3 is 7.12 Å². The molecule has 3 aromatic carbocycles. The topological polar surface area (TPSA) is 31.6 Å². The molecule has 2 aliphatic carbocycles. The van der Waals surface area contributed by atoms with E-state index in [1.54, 1.807) is 0 Å². The molecule has 1 aromatic heterocycles. The van der Waals surface area contributed by atoms with Crippen molar-refractivity contribution in [2.45, 2.75) is 45.3 Å². The molecule has 0 amide bonds. The van der Waals surface area contributed by atoms with E-state index in [1.165, 1.54) is 27.5 Å². The van der Waals surface area contributed by atoms with E-state index in [1.807, 2.05) is 0 Å². The van der Waals surface area contributed by atoms with Crippen LogP contribution in [0.15, 0.2) is 100 Å². The van der Waals surface area contributed by atoms with Gasteiger partial charge in [0, 0.05) is 16.7 Å². The molecule has 1 unspecified atom stereocenters. The summed E-state index contributed by atoms with van der Waals surface area (Å²) in [5.41, 5.74) is 5.99. The van der Waals surface area contributed by atoms with Gasteiger partial charge in [-0.05, 0) is 91.3 Å². The van der Waals surface area contributed by atoms with Crippen molar-refractivity contribution in [2.24, 2.45) is 5.92 Å². The average Bonchev–Trinajstić information content (AvgIpc) is 3.33. The highest BCUT2D eigenvalue weighted by Crippen LogP contribution is 2.44. The van der Waals surface area contributed by atoms with Crippen molar-refractivity contribution < 1.29 is 13.7 Å². The second-order valence-corrected chi connectivity index (χ2v) is 11.2. The van der Waals surface area contributed by atoms with E-state index in [2.05, 4.69) is 113 Å².